The fourth-order valence-corrected chi connectivity index (χ4v) is 3.54. The number of ether oxygens (including phenoxy) is 1. The van der Waals surface area contributed by atoms with E-state index >= 15 is 0 Å². The number of carbonyl (C=O) groups excluding carboxylic acids is 1. The number of carbonyl (C=O) groups is 1. The summed E-state index contributed by atoms with van der Waals surface area (Å²) in [7, 11) is -3.67. The van der Waals surface area contributed by atoms with Crippen molar-refractivity contribution in [2.75, 3.05) is 19.6 Å². The zero-order chi connectivity index (χ0) is 18.6. The summed E-state index contributed by atoms with van der Waals surface area (Å²) in [5.41, 5.74) is 0.939. The van der Waals surface area contributed by atoms with E-state index in [0.29, 0.717) is 13.0 Å². The number of benzene rings is 1. The first-order valence-electron chi connectivity index (χ1n) is 8.46. The Bertz CT molecular complexity index is 680. The van der Waals surface area contributed by atoms with E-state index < -0.39 is 10.0 Å². The predicted molar refractivity (Wildman–Crippen MR) is 95.6 cm³/mol. The topological polar surface area (TPSA) is 102 Å². The molecule has 0 saturated carbocycles. The molecule has 1 aliphatic rings. The Balaban J connectivity index is 1.81. The largest absolute Gasteiger partial charge is 0.373 e. The number of amides is 1. The minimum atomic E-state index is -3.67. The van der Waals surface area contributed by atoms with Gasteiger partial charge in [0, 0.05) is 19.6 Å². The van der Waals surface area contributed by atoms with Crippen molar-refractivity contribution in [2.24, 2.45) is 5.14 Å². The molecule has 1 heterocycles. The fourth-order valence-electron chi connectivity index (χ4n) is 3.02. The monoisotopic (exact) mass is 369 g/mol. The summed E-state index contributed by atoms with van der Waals surface area (Å²) in [5, 5.41) is 8.01. The van der Waals surface area contributed by atoms with Gasteiger partial charge in [0.05, 0.1) is 23.1 Å². The molecule has 3 atom stereocenters. The van der Waals surface area contributed by atoms with Crippen LogP contribution in [0.1, 0.15) is 26.3 Å². The van der Waals surface area contributed by atoms with Crippen molar-refractivity contribution in [3.8, 4) is 0 Å². The van der Waals surface area contributed by atoms with E-state index in [-0.39, 0.29) is 29.1 Å². The standard InChI is InChI=1S/C17H27N3O4S/c1-12-10-20(11-13(2)24-12)14(3)17(21)19-9-8-15-4-6-16(7-5-15)25(18,22)23/h4-7,12-14H,8-11H2,1-3H3,(H,19,21)(H2,18,22,23)/t12-,13+,14-/m0/s1. The summed E-state index contributed by atoms with van der Waals surface area (Å²) < 4.78 is 28.1. The molecule has 1 aliphatic heterocycles. The molecule has 0 aliphatic carbocycles. The van der Waals surface area contributed by atoms with E-state index in [0.717, 1.165) is 18.7 Å². The van der Waals surface area contributed by atoms with Gasteiger partial charge in [-0.1, -0.05) is 12.1 Å². The van der Waals surface area contributed by atoms with Gasteiger partial charge >= 0.3 is 0 Å². The van der Waals surface area contributed by atoms with E-state index in [2.05, 4.69) is 10.2 Å². The number of nitrogens with one attached hydrogen (secondary N) is 1. The lowest BCUT2D eigenvalue weighted by atomic mass is 10.1. The SMILES string of the molecule is C[C@@H]1CN([C@@H](C)C(=O)NCCc2ccc(S(N)(=O)=O)cc2)C[C@H](C)O1. The highest BCUT2D eigenvalue weighted by molar-refractivity contribution is 7.89. The first-order chi connectivity index (χ1) is 11.7. The molecule has 1 saturated heterocycles. The van der Waals surface area contributed by atoms with E-state index in [1.54, 1.807) is 12.1 Å². The molecule has 1 fully saturated rings. The summed E-state index contributed by atoms with van der Waals surface area (Å²) in [6.07, 6.45) is 0.868. The summed E-state index contributed by atoms with van der Waals surface area (Å²) in [4.78, 5) is 14.6. The average Bonchev–Trinajstić information content (AvgIpc) is 2.52. The number of primary sulfonamides is 1. The molecule has 1 aromatic rings. The van der Waals surface area contributed by atoms with Gasteiger partial charge in [0.1, 0.15) is 0 Å². The number of hydrogen-bond acceptors (Lipinski definition) is 5. The van der Waals surface area contributed by atoms with Crippen LogP contribution in [-0.4, -0.2) is 57.1 Å². The van der Waals surface area contributed by atoms with Crippen LogP contribution in [-0.2, 0) is 26.0 Å². The number of sulfonamides is 1. The minimum Gasteiger partial charge on any atom is -0.373 e. The van der Waals surface area contributed by atoms with Gasteiger partial charge in [0.15, 0.2) is 0 Å². The molecule has 7 nitrogen and oxygen atoms in total. The highest BCUT2D eigenvalue weighted by atomic mass is 32.2. The molecular formula is C17H27N3O4S. The second-order valence-electron chi connectivity index (χ2n) is 6.62. The average molecular weight is 369 g/mol. The molecule has 140 valence electrons. The number of morpholine rings is 1. The molecule has 0 radical (unpaired) electrons. The molecule has 0 spiro atoms. The molecule has 25 heavy (non-hydrogen) atoms. The summed E-state index contributed by atoms with van der Waals surface area (Å²) >= 11 is 0. The smallest absolute Gasteiger partial charge is 0.238 e. The lowest BCUT2D eigenvalue weighted by Gasteiger charge is -2.38. The van der Waals surface area contributed by atoms with Crippen molar-refractivity contribution < 1.29 is 17.9 Å². The van der Waals surface area contributed by atoms with Crippen molar-refractivity contribution in [1.82, 2.24) is 10.2 Å². The third kappa shape index (κ3) is 5.78. The molecule has 0 aromatic heterocycles. The molecule has 8 heteroatoms. The summed E-state index contributed by atoms with van der Waals surface area (Å²) in [6.45, 7) is 7.91. The van der Waals surface area contributed by atoms with Crippen molar-refractivity contribution in [3.63, 3.8) is 0 Å². The van der Waals surface area contributed by atoms with Crippen molar-refractivity contribution in [2.45, 2.75) is 50.3 Å². The fraction of sp³-hybridized carbons (Fsp3) is 0.588. The van der Waals surface area contributed by atoms with Crippen molar-refractivity contribution >= 4 is 15.9 Å². The third-order valence-electron chi connectivity index (χ3n) is 4.34. The van der Waals surface area contributed by atoms with Crippen LogP contribution < -0.4 is 10.5 Å². The second-order valence-corrected chi connectivity index (χ2v) is 8.18. The molecule has 2 rings (SSSR count). The van der Waals surface area contributed by atoms with Gasteiger partial charge in [-0.05, 0) is 44.9 Å². The highest BCUT2D eigenvalue weighted by Gasteiger charge is 2.28. The van der Waals surface area contributed by atoms with Crippen LogP contribution in [0, 0.1) is 0 Å². The minimum absolute atomic E-state index is 0.0116. The predicted octanol–water partition coefficient (Wildman–Crippen LogP) is 0.490. The lowest BCUT2D eigenvalue weighted by Crippen LogP contribution is -2.54. The van der Waals surface area contributed by atoms with E-state index in [9.17, 15) is 13.2 Å². The first kappa shape index (κ1) is 19.8. The zero-order valence-corrected chi connectivity index (χ0v) is 15.8. The second kappa shape index (κ2) is 8.27. The molecule has 0 unspecified atom stereocenters. The molecule has 1 aromatic carbocycles. The Morgan fingerprint density at radius 3 is 2.36 bits per heavy atom. The van der Waals surface area contributed by atoms with Gasteiger partial charge in [-0.25, -0.2) is 13.6 Å². The summed E-state index contributed by atoms with van der Waals surface area (Å²) in [6, 6.07) is 6.16. The first-order valence-corrected chi connectivity index (χ1v) is 10.0. The molecular weight excluding hydrogens is 342 g/mol. The van der Waals surface area contributed by atoms with Crippen molar-refractivity contribution in [1.29, 1.82) is 0 Å². The highest BCUT2D eigenvalue weighted by Crippen LogP contribution is 2.14. The Morgan fingerprint density at radius 2 is 1.84 bits per heavy atom. The Labute approximate surface area is 149 Å². The van der Waals surface area contributed by atoms with Crippen LogP contribution in [0.3, 0.4) is 0 Å². The maximum absolute atomic E-state index is 12.3. The maximum Gasteiger partial charge on any atom is 0.238 e. The van der Waals surface area contributed by atoms with Gasteiger partial charge in [-0.15, -0.1) is 0 Å². The number of nitrogens with two attached hydrogens (primary N) is 1. The maximum atomic E-state index is 12.3. The van der Waals surface area contributed by atoms with Crippen LogP contribution in [0.2, 0.25) is 0 Å². The quantitative estimate of drug-likeness (QED) is 0.760. The van der Waals surface area contributed by atoms with E-state index in [1.165, 1.54) is 12.1 Å². The van der Waals surface area contributed by atoms with Crippen molar-refractivity contribution in [3.05, 3.63) is 29.8 Å². The third-order valence-corrected chi connectivity index (χ3v) is 5.27. The number of hydrogen-bond donors (Lipinski definition) is 2. The van der Waals surface area contributed by atoms with Gasteiger partial charge in [0.2, 0.25) is 15.9 Å². The number of rotatable bonds is 6. The summed E-state index contributed by atoms with van der Waals surface area (Å²) in [5.74, 6) is -0.0116. The van der Waals surface area contributed by atoms with Crippen LogP contribution in [0.4, 0.5) is 0 Å². The van der Waals surface area contributed by atoms with Gasteiger partial charge < -0.3 is 10.1 Å². The van der Waals surface area contributed by atoms with Gasteiger partial charge in [0.25, 0.3) is 0 Å². The van der Waals surface area contributed by atoms with Gasteiger partial charge in [-0.2, -0.15) is 0 Å². The molecule has 1 amide bonds. The van der Waals surface area contributed by atoms with Crippen LogP contribution >= 0.6 is 0 Å². The Morgan fingerprint density at radius 1 is 1.28 bits per heavy atom. The molecule has 3 N–H and O–H groups in total. The lowest BCUT2D eigenvalue weighted by molar-refractivity contribution is -0.131. The normalized spacial score (nSPS) is 23.2. The number of nitrogens with zero attached hydrogens (tertiary/aromatic N) is 1. The van der Waals surface area contributed by atoms with Crippen LogP contribution in [0.5, 0.6) is 0 Å². The van der Waals surface area contributed by atoms with Crippen LogP contribution in [0.15, 0.2) is 29.2 Å². The molecule has 0 bridgehead atoms. The van der Waals surface area contributed by atoms with Crippen LogP contribution in [0.25, 0.3) is 0 Å². The van der Waals surface area contributed by atoms with E-state index in [1.807, 2.05) is 20.8 Å². The van der Waals surface area contributed by atoms with E-state index in [4.69, 9.17) is 9.88 Å². The van der Waals surface area contributed by atoms with Gasteiger partial charge in [-0.3, -0.25) is 9.69 Å². The zero-order valence-electron chi connectivity index (χ0n) is 14.9. The Kier molecular flexibility index (Phi) is 6.56. The Hall–Kier alpha value is -1.48.